The second kappa shape index (κ2) is 5.68. The van der Waals surface area contributed by atoms with E-state index < -0.39 is 0 Å². The summed E-state index contributed by atoms with van der Waals surface area (Å²) in [5, 5.41) is 3.54. The first kappa shape index (κ1) is 11.9. The van der Waals surface area contributed by atoms with Gasteiger partial charge in [-0.15, -0.1) is 0 Å². The standard InChI is InChI=1S/C13H14N2OS/c1-10(9-11-5-3-2-4-6-11)12(16)15-13-14-7-8-17-13/h2-6,9H,7-8H2,1H3,(H,14,15,16)/b10-9+. The van der Waals surface area contributed by atoms with Gasteiger partial charge in [-0.2, -0.15) is 0 Å². The summed E-state index contributed by atoms with van der Waals surface area (Å²) in [6.07, 6.45) is 1.87. The molecule has 0 saturated heterocycles. The van der Waals surface area contributed by atoms with E-state index in [9.17, 15) is 4.79 Å². The molecule has 1 aromatic rings. The van der Waals surface area contributed by atoms with E-state index in [-0.39, 0.29) is 5.91 Å². The number of nitrogens with zero attached hydrogens (tertiary/aromatic N) is 1. The number of carbonyl (C=O) groups excluding carboxylic acids is 1. The highest BCUT2D eigenvalue weighted by atomic mass is 32.2. The lowest BCUT2D eigenvalue weighted by Crippen LogP contribution is -2.27. The maximum Gasteiger partial charge on any atom is 0.252 e. The molecule has 2 rings (SSSR count). The first-order valence-corrected chi connectivity index (χ1v) is 6.46. The number of aliphatic imine (C=N–C) groups is 1. The molecule has 1 aromatic carbocycles. The summed E-state index contributed by atoms with van der Waals surface area (Å²) < 4.78 is 0. The van der Waals surface area contributed by atoms with Gasteiger partial charge in [-0.1, -0.05) is 42.1 Å². The van der Waals surface area contributed by atoms with Crippen LogP contribution in [-0.4, -0.2) is 23.4 Å². The SMILES string of the molecule is C/C(=C\c1ccccc1)C(=O)NC1=NCCS1. The van der Waals surface area contributed by atoms with Crippen LogP contribution in [0.25, 0.3) is 6.08 Å². The molecule has 1 heterocycles. The highest BCUT2D eigenvalue weighted by Gasteiger charge is 2.11. The number of rotatable bonds is 2. The van der Waals surface area contributed by atoms with Crippen LogP contribution >= 0.6 is 11.8 Å². The minimum absolute atomic E-state index is 0.0815. The van der Waals surface area contributed by atoms with Crippen molar-refractivity contribution in [2.75, 3.05) is 12.3 Å². The van der Waals surface area contributed by atoms with Crippen LogP contribution in [0.2, 0.25) is 0 Å². The molecule has 0 aliphatic carbocycles. The molecule has 1 aliphatic heterocycles. The van der Waals surface area contributed by atoms with Crippen LogP contribution in [0.1, 0.15) is 12.5 Å². The summed E-state index contributed by atoms with van der Waals surface area (Å²) in [7, 11) is 0. The van der Waals surface area contributed by atoms with Crippen molar-refractivity contribution >= 4 is 28.9 Å². The van der Waals surface area contributed by atoms with E-state index in [1.807, 2.05) is 43.3 Å². The Balaban J connectivity index is 2.01. The Bertz CT molecular complexity index is 466. The zero-order valence-corrected chi connectivity index (χ0v) is 10.5. The minimum Gasteiger partial charge on any atom is -0.302 e. The Labute approximate surface area is 105 Å². The number of amidine groups is 1. The van der Waals surface area contributed by atoms with Crippen LogP contribution in [0.15, 0.2) is 40.9 Å². The number of amides is 1. The summed E-state index contributed by atoms with van der Waals surface area (Å²) in [6.45, 7) is 2.60. The van der Waals surface area contributed by atoms with Gasteiger partial charge in [0.25, 0.3) is 5.91 Å². The van der Waals surface area contributed by atoms with E-state index in [4.69, 9.17) is 0 Å². The van der Waals surface area contributed by atoms with Gasteiger partial charge in [-0.05, 0) is 18.6 Å². The van der Waals surface area contributed by atoms with Crippen molar-refractivity contribution in [2.45, 2.75) is 6.92 Å². The van der Waals surface area contributed by atoms with Crippen molar-refractivity contribution in [1.82, 2.24) is 5.32 Å². The van der Waals surface area contributed by atoms with Crippen molar-refractivity contribution < 1.29 is 4.79 Å². The Kier molecular flexibility index (Phi) is 3.98. The number of benzene rings is 1. The molecule has 0 atom stereocenters. The molecular formula is C13H14N2OS. The largest absolute Gasteiger partial charge is 0.302 e. The molecule has 88 valence electrons. The third-order valence-corrected chi connectivity index (χ3v) is 3.24. The quantitative estimate of drug-likeness (QED) is 0.814. The average Bonchev–Trinajstić information content (AvgIpc) is 2.83. The molecule has 3 nitrogen and oxygen atoms in total. The second-order valence-electron chi connectivity index (χ2n) is 3.73. The fourth-order valence-corrected chi connectivity index (χ4v) is 2.19. The van der Waals surface area contributed by atoms with Gasteiger partial charge in [-0.3, -0.25) is 9.79 Å². The van der Waals surface area contributed by atoms with Crippen molar-refractivity contribution in [3.05, 3.63) is 41.5 Å². The smallest absolute Gasteiger partial charge is 0.252 e. The molecule has 0 radical (unpaired) electrons. The Hall–Kier alpha value is -1.55. The number of carbonyl (C=O) groups is 1. The second-order valence-corrected chi connectivity index (χ2v) is 4.81. The molecule has 4 heteroatoms. The molecule has 1 aliphatic rings. The topological polar surface area (TPSA) is 41.5 Å². The van der Waals surface area contributed by atoms with Gasteiger partial charge in [0.15, 0.2) is 5.17 Å². The minimum atomic E-state index is -0.0815. The van der Waals surface area contributed by atoms with Crippen molar-refractivity contribution in [3.63, 3.8) is 0 Å². The van der Waals surface area contributed by atoms with Crippen molar-refractivity contribution in [1.29, 1.82) is 0 Å². The highest BCUT2D eigenvalue weighted by molar-refractivity contribution is 8.14. The molecule has 0 spiro atoms. The summed E-state index contributed by atoms with van der Waals surface area (Å²) >= 11 is 1.59. The van der Waals surface area contributed by atoms with Crippen LogP contribution in [0.4, 0.5) is 0 Å². The highest BCUT2D eigenvalue weighted by Crippen LogP contribution is 2.11. The number of hydrogen-bond donors (Lipinski definition) is 1. The van der Waals surface area contributed by atoms with Crippen LogP contribution in [0.3, 0.4) is 0 Å². The molecule has 1 N–H and O–H groups in total. The molecule has 0 bridgehead atoms. The zero-order valence-electron chi connectivity index (χ0n) is 9.64. The van der Waals surface area contributed by atoms with Crippen LogP contribution in [0.5, 0.6) is 0 Å². The average molecular weight is 246 g/mol. The lowest BCUT2D eigenvalue weighted by Gasteiger charge is -2.03. The Morgan fingerprint density at radius 3 is 2.82 bits per heavy atom. The van der Waals surface area contributed by atoms with Crippen LogP contribution in [-0.2, 0) is 4.79 Å². The summed E-state index contributed by atoms with van der Waals surface area (Å²) in [6, 6.07) is 9.80. The van der Waals surface area contributed by atoms with Crippen LogP contribution in [0, 0.1) is 0 Å². The van der Waals surface area contributed by atoms with Gasteiger partial charge < -0.3 is 5.32 Å². The van der Waals surface area contributed by atoms with Gasteiger partial charge in [0.2, 0.25) is 0 Å². The van der Waals surface area contributed by atoms with Gasteiger partial charge in [-0.25, -0.2) is 0 Å². The lowest BCUT2D eigenvalue weighted by molar-refractivity contribution is -0.116. The van der Waals surface area contributed by atoms with E-state index in [0.29, 0.717) is 5.57 Å². The number of thioether (sulfide) groups is 1. The van der Waals surface area contributed by atoms with E-state index >= 15 is 0 Å². The van der Waals surface area contributed by atoms with E-state index in [1.54, 1.807) is 11.8 Å². The normalized spacial score (nSPS) is 15.6. The number of nitrogens with one attached hydrogen (secondary N) is 1. The molecule has 1 amide bonds. The van der Waals surface area contributed by atoms with Gasteiger partial charge in [0, 0.05) is 11.3 Å². The maximum atomic E-state index is 11.8. The van der Waals surface area contributed by atoms with E-state index in [1.165, 1.54) is 0 Å². The third kappa shape index (κ3) is 3.46. The zero-order chi connectivity index (χ0) is 12.1. The molecule has 0 fully saturated rings. The van der Waals surface area contributed by atoms with Gasteiger partial charge in [0.05, 0.1) is 6.54 Å². The van der Waals surface area contributed by atoms with Gasteiger partial charge in [0.1, 0.15) is 0 Å². The Morgan fingerprint density at radius 1 is 1.41 bits per heavy atom. The van der Waals surface area contributed by atoms with Crippen molar-refractivity contribution in [2.24, 2.45) is 4.99 Å². The predicted octanol–water partition coefficient (Wildman–Crippen LogP) is 2.31. The van der Waals surface area contributed by atoms with E-state index in [0.717, 1.165) is 23.0 Å². The summed E-state index contributed by atoms with van der Waals surface area (Å²) in [5.41, 5.74) is 1.72. The predicted molar refractivity (Wildman–Crippen MR) is 73.0 cm³/mol. The first-order chi connectivity index (χ1) is 8.25. The summed E-state index contributed by atoms with van der Waals surface area (Å²) in [4.78, 5) is 16.0. The number of hydrogen-bond acceptors (Lipinski definition) is 3. The molecule has 17 heavy (non-hydrogen) atoms. The fourth-order valence-electron chi connectivity index (χ4n) is 1.47. The van der Waals surface area contributed by atoms with Crippen LogP contribution < -0.4 is 5.32 Å². The molecule has 0 aromatic heterocycles. The fraction of sp³-hybridized carbons (Fsp3) is 0.231. The van der Waals surface area contributed by atoms with E-state index in [2.05, 4.69) is 10.3 Å². The molecule has 0 unspecified atom stereocenters. The van der Waals surface area contributed by atoms with Gasteiger partial charge >= 0.3 is 0 Å². The maximum absolute atomic E-state index is 11.8. The summed E-state index contributed by atoms with van der Waals surface area (Å²) in [5.74, 6) is 0.874. The lowest BCUT2D eigenvalue weighted by atomic mass is 10.1. The first-order valence-electron chi connectivity index (χ1n) is 5.47. The molecular weight excluding hydrogens is 232 g/mol. The Morgan fingerprint density at radius 2 is 2.18 bits per heavy atom. The monoisotopic (exact) mass is 246 g/mol. The third-order valence-electron chi connectivity index (χ3n) is 2.35. The van der Waals surface area contributed by atoms with Crippen molar-refractivity contribution in [3.8, 4) is 0 Å². The molecule has 0 saturated carbocycles.